The lowest BCUT2D eigenvalue weighted by Crippen LogP contribution is -2.33. The highest BCUT2D eigenvalue weighted by Crippen LogP contribution is 2.28. The number of aliphatic hydroxyl groups excluding tert-OH is 1. The van der Waals surface area contributed by atoms with Crippen LogP contribution >= 0.6 is 23.1 Å². The lowest BCUT2D eigenvalue weighted by atomic mass is 10.0. The fraction of sp³-hybridized carbons (Fsp3) is 0.391. The highest BCUT2D eigenvalue weighted by molar-refractivity contribution is 8.01. The Bertz CT molecular complexity index is 908. The molecule has 1 amide bonds. The summed E-state index contributed by atoms with van der Waals surface area (Å²) in [6.07, 6.45) is 6.00. The molecule has 1 aromatic heterocycles. The summed E-state index contributed by atoms with van der Waals surface area (Å²) in [5.74, 6) is -0.0760. The number of amides is 1. The molecule has 0 saturated carbocycles. The van der Waals surface area contributed by atoms with Gasteiger partial charge in [0.1, 0.15) is 0 Å². The Hall–Kier alpha value is -2.09. The second-order valence-electron chi connectivity index (χ2n) is 7.33. The Kier molecular flexibility index (Phi) is 8.13. The first-order valence-corrected chi connectivity index (χ1v) is 12.0. The first-order valence-electron chi connectivity index (χ1n) is 10.1. The maximum atomic E-state index is 12.3. The zero-order valence-corrected chi connectivity index (χ0v) is 18.6. The molecule has 0 aliphatic carbocycles. The van der Waals surface area contributed by atoms with E-state index < -0.39 is 12.1 Å². The van der Waals surface area contributed by atoms with Crippen molar-refractivity contribution in [2.75, 3.05) is 12.3 Å². The van der Waals surface area contributed by atoms with Crippen LogP contribution in [0.25, 0.3) is 0 Å². The van der Waals surface area contributed by atoms with Gasteiger partial charge in [0.2, 0.25) is 5.91 Å². The minimum atomic E-state index is -0.919. The van der Waals surface area contributed by atoms with E-state index in [0.29, 0.717) is 30.7 Å². The molecule has 7 heteroatoms. The van der Waals surface area contributed by atoms with Gasteiger partial charge in [-0.3, -0.25) is 4.79 Å². The average molecular weight is 446 g/mol. The Morgan fingerprint density at radius 1 is 1.37 bits per heavy atom. The Morgan fingerprint density at radius 3 is 2.90 bits per heavy atom. The van der Waals surface area contributed by atoms with Crippen LogP contribution in [0.3, 0.4) is 0 Å². The number of aliphatic hydroxyl groups is 1. The number of thiophene rings is 1. The van der Waals surface area contributed by atoms with E-state index in [1.807, 2.05) is 23.1 Å². The van der Waals surface area contributed by atoms with Crippen LogP contribution in [0.5, 0.6) is 0 Å². The van der Waals surface area contributed by atoms with E-state index in [4.69, 9.17) is 5.11 Å². The highest BCUT2D eigenvalue weighted by atomic mass is 32.2. The largest absolute Gasteiger partial charge is 0.478 e. The van der Waals surface area contributed by atoms with Gasteiger partial charge in [-0.15, -0.1) is 23.1 Å². The van der Waals surface area contributed by atoms with E-state index in [0.717, 1.165) is 22.6 Å². The summed E-state index contributed by atoms with van der Waals surface area (Å²) in [5, 5.41) is 21.0. The van der Waals surface area contributed by atoms with Crippen LogP contribution in [0.2, 0.25) is 0 Å². The van der Waals surface area contributed by atoms with Gasteiger partial charge < -0.3 is 15.1 Å². The monoisotopic (exact) mass is 445 g/mol. The number of nitrogens with zero attached hydrogens (tertiary/aromatic N) is 1. The molecule has 0 bridgehead atoms. The van der Waals surface area contributed by atoms with Crippen molar-refractivity contribution in [2.24, 2.45) is 0 Å². The number of likely N-dealkylation sites (tertiary alicyclic amines) is 1. The summed E-state index contributed by atoms with van der Waals surface area (Å²) >= 11 is 2.98. The smallest absolute Gasteiger partial charge is 0.336 e. The number of carbonyl (C=O) groups is 2. The van der Waals surface area contributed by atoms with Crippen molar-refractivity contribution >= 4 is 35.0 Å². The van der Waals surface area contributed by atoms with Crippen LogP contribution < -0.4 is 0 Å². The van der Waals surface area contributed by atoms with E-state index in [1.54, 1.807) is 29.3 Å². The molecule has 2 heterocycles. The van der Waals surface area contributed by atoms with E-state index >= 15 is 0 Å². The van der Waals surface area contributed by atoms with E-state index in [9.17, 15) is 14.7 Å². The molecule has 0 unspecified atom stereocenters. The molecule has 5 nitrogen and oxygen atoms in total. The summed E-state index contributed by atoms with van der Waals surface area (Å²) in [6.45, 7) is 2.72. The molecular formula is C23H27NO4S2. The zero-order valence-electron chi connectivity index (χ0n) is 17.0. The molecule has 1 aliphatic rings. The number of aryl methyl sites for hydroxylation is 1. The summed E-state index contributed by atoms with van der Waals surface area (Å²) in [6, 6.07) is 9.94. The third kappa shape index (κ3) is 6.20. The van der Waals surface area contributed by atoms with Crippen molar-refractivity contribution in [1.29, 1.82) is 0 Å². The normalized spacial score (nSPS) is 17.7. The third-order valence-corrected chi connectivity index (χ3v) is 7.33. The quantitative estimate of drug-likeness (QED) is 0.422. The van der Waals surface area contributed by atoms with Crippen molar-refractivity contribution in [3.63, 3.8) is 0 Å². The van der Waals surface area contributed by atoms with Gasteiger partial charge in [0.15, 0.2) is 0 Å². The summed E-state index contributed by atoms with van der Waals surface area (Å²) in [4.78, 5) is 25.1. The topological polar surface area (TPSA) is 77.8 Å². The molecule has 3 rings (SSSR count). The number of aromatic carboxylic acids is 1. The average Bonchev–Trinajstić information content (AvgIpc) is 3.34. The third-order valence-electron chi connectivity index (χ3n) is 5.17. The van der Waals surface area contributed by atoms with Gasteiger partial charge in [0.05, 0.1) is 21.9 Å². The molecule has 1 fully saturated rings. The van der Waals surface area contributed by atoms with Crippen molar-refractivity contribution in [3.05, 3.63) is 64.6 Å². The SMILES string of the molecule is CCc1cccc(C[C@H](O)/C=C/[C@H]2CCC(=O)N2CCSc2cc(C(=O)O)cs2)c1. The highest BCUT2D eigenvalue weighted by Gasteiger charge is 2.28. The van der Waals surface area contributed by atoms with Gasteiger partial charge in [-0.05, 0) is 30.0 Å². The van der Waals surface area contributed by atoms with Crippen LogP contribution in [0.1, 0.15) is 41.3 Å². The molecule has 2 aromatic rings. The Labute approximate surface area is 185 Å². The molecule has 2 N–H and O–H groups in total. The van der Waals surface area contributed by atoms with Crippen LogP contribution in [0.15, 0.2) is 52.1 Å². The van der Waals surface area contributed by atoms with Crippen LogP contribution in [0.4, 0.5) is 0 Å². The maximum absolute atomic E-state index is 12.3. The number of benzene rings is 1. The lowest BCUT2D eigenvalue weighted by Gasteiger charge is -2.22. The molecule has 1 saturated heterocycles. The molecule has 30 heavy (non-hydrogen) atoms. The number of carboxylic acids is 1. The van der Waals surface area contributed by atoms with Crippen molar-refractivity contribution < 1.29 is 19.8 Å². The van der Waals surface area contributed by atoms with Crippen molar-refractivity contribution in [2.45, 2.75) is 49.0 Å². The minimum absolute atomic E-state index is 0.00708. The number of carbonyl (C=O) groups excluding carboxylic acids is 1. The summed E-state index contributed by atoms with van der Waals surface area (Å²) < 4.78 is 0.941. The molecule has 160 valence electrons. The summed E-state index contributed by atoms with van der Waals surface area (Å²) in [5.41, 5.74) is 2.67. The van der Waals surface area contributed by atoms with Crippen LogP contribution in [0, 0.1) is 0 Å². The van der Waals surface area contributed by atoms with Gasteiger partial charge in [-0.2, -0.15) is 0 Å². The van der Waals surface area contributed by atoms with E-state index in [-0.39, 0.29) is 11.9 Å². The zero-order chi connectivity index (χ0) is 21.5. The van der Waals surface area contributed by atoms with Gasteiger partial charge in [0.25, 0.3) is 0 Å². The Balaban J connectivity index is 1.51. The predicted octanol–water partition coefficient (Wildman–Crippen LogP) is 4.25. The standard InChI is InChI=1S/C23H27NO4S2/c1-2-16-4-3-5-17(12-16)13-20(25)8-6-19-7-9-21(26)24(19)10-11-29-22-14-18(15-30-22)23(27)28/h3-6,8,12,14-15,19-20,25H,2,7,9-11,13H2,1H3,(H,27,28)/b8-6+/t19-,20+/m0/s1. The molecule has 1 aromatic carbocycles. The first-order chi connectivity index (χ1) is 14.5. The summed E-state index contributed by atoms with van der Waals surface area (Å²) in [7, 11) is 0. The number of hydrogen-bond acceptors (Lipinski definition) is 5. The van der Waals surface area contributed by atoms with Crippen LogP contribution in [-0.2, 0) is 17.6 Å². The molecule has 0 radical (unpaired) electrons. The first kappa shape index (κ1) is 22.6. The van der Waals surface area contributed by atoms with E-state index in [2.05, 4.69) is 19.1 Å². The number of hydrogen-bond donors (Lipinski definition) is 2. The fourth-order valence-electron chi connectivity index (χ4n) is 3.54. The van der Waals surface area contributed by atoms with Gasteiger partial charge in [0, 0.05) is 30.5 Å². The van der Waals surface area contributed by atoms with Gasteiger partial charge in [-0.1, -0.05) is 43.3 Å². The van der Waals surface area contributed by atoms with Crippen LogP contribution in [-0.4, -0.2) is 51.4 Å². The second kappa shape index (κ2) is 10.8. The van der Waals surface area contributed by atoms with Gasteiger partial charge >= 0.3 is 5.97 Å². The number of carboxylic acid groups (broad SMARTS) is 1. The predicted molar refractivity (Wildman–Crippen MR) is 121 cm³/mol. The van der Waals surface area contributed by atoms with Gasteiger partial charge in [-0.25, -0.2) is 4.79 Å². The van der Waals surface area contributed by atoms with E-state index in [1.165, 1.54) is 16.9 Å². The molecule has 0 spiro atoms. The molecule has 2 atom stereocenters. The fourth-order valence-corrected chi connectivity index (χ4v) is 5.51. The molecule has 1 aliphatic heterocycles. The van der Waals surface area contributed by atoms with Crippen molar-refractivity contribution in [1.82, 2.24) is 4.90 Å². The van der Waals surface area contributed by atoms with Crippen molar-refractivity contribution in [3.8, 4) is 0 Å². The molecular weight excluding hydrogens is 418 g/mol. The Morgan fingerprint density at radius 2 is 2.17 bits per heavy atom. The lowest BCUT2D eigenvalue weighted by molar-refractivity contribution is -0.128. The maximum Gasteiger partial charge on any atom is 0.336 e. The number of rotatable bonds is 10. The number of thioether (sulfide) groups is 1. The second-order valence-corrected chi connectivity index (χ2v) is 9.64. The minimum Gasteiger partial charge on any atom is -0.478 e.